The lowest BCUT2D eigenvalue weighted by molar-refractivity contribution is -0.137. The smallest absolute Gasteiger partial charge is 0.417 e. The van der Waals surface area contributed by atoms with E-state index in [1.807, 2.05) is 0 Å². The maximum absolute atomic E-state index is 13.3. The van der Waals surface area contributed by atoms with Crippen LogP contribution in [0, 0.1) is 0 Å². The molecular formula is C24H22ClF3N2O5S. The fourth-order valence-electron chi connectivity index (χ4n) is 3.41. The van der Waals surface area contributed by atoms with Crippen LogP contribution in [0.3, 0.4) is 0 Å². The van der Waals surface area contributed by atoms with E-state index in [0.717, 1.165) is 16.6 Å². The second-order valence-electron chi connectivity index (χ2n) is 7.63. The molecule has 0 saturated heterocycles. The lowest BCUT2D eigenvalue weighted by atomic mass is 10.1. The molecule has 3 aromatic carbocycles. The molecular weight excluding hydrogens is 521 g/mol. The van der Waals surface area contributed by atoms with Crippen molar-refractivity contribution >= 4 is 38.9 Å². The molecule has 0 spiro atoms. The van der Waals surface area contributed by atoms with Gasteiger partial charge in [0.1, 0.15) is 0 Å². The number of anilines is 2. The fourth-order valence-corrected chi connectivity index (χ4v) is 4.52. The number of hydrogen-bond donors (Lipinski definition) is 1. The van der Waals surface area contributed by atoms with Crippen LogP contribution >= 0.6 is 11.6 Å². The molecule has 0 aliphatic carbocycles. The van der Waals surface area contributed by atoms with Crippen molar-refractivity contribution in [2.75, 3.05) is 30.1 Å². The molecule has 0 radical (unpaired) electrons. The Labute approximate surface area is 211 Å². The summed E-state index contributed by atoms with van der Waals surface area (Å²) in [5.74, 6) is -0.605. The van der Waals surface area contributed by atoms with Gasteiger partial charge in [-0.2, -0.15) is 13.2 Å². The van der Waals surface area contributed by atoms with Gasteiger partial charge in [-0.1, -0.05) is 41.9 Å². The van der Waals surface area contributed by atoms with Crippen LogP contribution in [0.5, 0.6) is 11.5 Å². The predicted molar refractivity (Wildman–Crippen MR) is 131 cm³/mol. The van der Waals surface area contributed by atoms with Crippen molar-refractivity contribution < 1.29 is 35.9 Å². The topological polar surface area (TPSA) is 84.9 Å². The first kappa shape index (κ1) is 27.2. The van der Waals surface area contributed by atoms with Crippen molar-refractivity contribution in [3.8, 4) is 11.5 Å². The van der Waals surface area contributed by atoms with Gasteiger partial charge < -0.3 is 14.8 Å². The molecule has 0 fully saturated rings. The molecule has 0 heterocycles. The van der Waals surface area contributed by atoms with Crippen LogP contribution in [-0.2, 0) is 22.7 Å². The summed E-state index contributed by atoms with van der Waals surface area (Å²) >= 11 is 5.66. The molecule has 0 unspecified atom stereocenters. The highest BCUT2D eigenvalue weighted by Gasteiger charge is 2.34. The first-order valence-corrected chi connectivity index (χ1v) is 12.5. The Morgan fingerprint density at radius 3 is 2.17 bits per heavy atom. The molecule has 0 aliphatic heterocycles. The number of halogens is 4. The molecule has 3 rings (SSSR count). The molecule has 7 nitrogen and oxygen atoms in total. The molecule has 3 aromatic rings. The van der Waals surface area contributed by atoms with E-state index in [0.29, 0.717) is 11.6 Å². The number of nitrogens with one attached hydrogen (secondary N) is 1. The van der Waals surface area contributed by atoms with Crippen molar-refractivity contribution in [2.45, 2.75) is 12.7 Å². The zero-order valence-electron chi connectivity index (χ0n) is 19.4. The third-order valence-electron chi connectivity index (χ3n) is 5.11. The van der Waals surface area contributed by atoms with E-state index in [2.05, 4.69) is 5.32 Å². The summed E-state index contributed by atoms with van der Waals surface area (Å²) in [6.45, 7) is -0.116. The van der Waals surface area contributed by atoms with Crippen LogP contribution in [0.15, 0.2) is 60.7 Å². The number of rotatable bonds is 8. The highest BCUT2D eigenvalue weighted by molar-refractivity contribution is 7.92. The van der Waals surface area contributed by atoms with E-state index in [-0.39, 0.29) is 35.0 Å². The minimum Gasteiger partial charge on any atom is -0.493 e. The first-order valence-electron chi connectivity index (χ1n) is 10.3. The van der Waals surface area contributed by atoms with Gasteiger partial charge in [0.25, 0.3) is 5.91 Å². The number of amides is 1. The number of carbonyl (C=O) groups is 1. The molecule has 0 aliphatic rings. The summed E-state index contributed by atoms with van der Waals surface area (Å²) in [6.07, 6.45) is -3.77. The van der Waals surface area contributed by atoms with Crippen LogP contribution < -0.4 is 19.1 Å². The average Bonchev–Trinajstić information content (AvgIpc) is 2.82. The Bertz CT molecular complexity index is 1370. The van der Waals surface area contributed by atoms with Crippen molar-refractivity contribution in [1.82, 2.24) is 0 Å². The van der Waals surface area contributed by atoms with Gasteiger partial charge in [0.05, 0.1) is 48.9 Å². The fraction of sp³-hybridized carbons (Fsp3) is 0.208. The Hall–Kier alpha value is -3.44. The van der Waals surface area contributed by atoms with Gasteiger partial charge in [-0.3, -0.25) is 9.10 Å². The van der Waals surface area contributed by atoms with Crippen LogP contribution in [0.4, 0.5) is 24.5 Å². The maximum atomic E-state index is 13.3. The van der Waals surface area contributed by atoms with Crippen LogP contribution in [0.25, 0.3) is 0 Å². The third kappa shape index (κ3) is 6.21. The quantitative estimate of drug-likeness (QED) is 0.401. The highest BCUT2D eigenvalue weighted by Crippen LogP contribution is 2.39. The minimum absolute atomic E-state index is 0.0542. The van der Waals surface area contributed by atoms with Gasteiger partial charge >= 0.3 is 6.18 Å². The minimum atomic E-state index is -4.74. The number of nitrogens with zero attached hydrogens (tertiary/aromatic N) is 1. The Balaban J connectivity index is 2.13. The molecule has 36 heavy (non-hydrogen) atoms. The highest BCUT2D eigenvalue weighted by atomic mass is 35.5. The van der Waals surface area contributed by atoms with Crippen molar-refractivity contribution in [1.29, 1.82) is 0 Å². The summed E-state index contributed by atoms with van der Waals surface area (Å²) in [4.78, 5) is 13.3. The lowest BCUT2D eigenvalue weighted by Gasteiger charge is -2.26. The zero-order chi connectivity index (χ0) is 26.7. The summed E-state index contributed by atoms with van der Waals surface area (Å²) in [7, 11) is -1.26. The number of methoxy groups -OCH3 is 2. The average molecular weight is 543 g/mol. The van der Waals surface area contributed by atoms with Crippen molar-refractivity contribution in [3.63, 3.8) is 0 Å². The van der Waals surface area contributed by atoms with E-state index in [1.165, 1.54) is 32.4 Å². The summed E-state index contributed by atoms with van der Waals surface area (Å²) in [6, 6.07) is 14.1. The molecule has 0 saturated carbocycles. The van der Waals surface area contributed by atoms with Crippen molar-refractivity contribution in [3.05, 3.63) is 82.4 Å². The predicted octanol–water partition coefficient (Wildman–Crippen LogP) is 5.59. The standard InChI is InChI=1S/C24H22ClF3N2O5S/c1-34-21-12-17(23(31)29-16-9-10-19(25)18(11-16)24(26,27)28)20(13-22(21)35-2)30(36(3,32)33)14-15-7-5-4-6-8-15/h4-13H,14H2,1-3H3,(H,29,31). The lowest BCUT2D eigenvalue weighted by Crippen LogP contribution is -2.31. The van der Waals surface area contributed by atoms with E-state index in [4.69, 9.17) is 21.1 Å². The largest absolute Gasteiger partial charge is 0.493 e. The Morgan fingerprint density at radius 2 is 1.61 bits per heavy atom. The number of carbonyl (C=O) groups excluding carboxylic acids is 1. The van der Waals surface area contributed by atoms with Gasteiger partial charge in [-0.25, -0.2) is 8.42 Å². The molecule has 0 bridgehead atoms. The maximum Gasteiger partial charge on any atom is 0.417 e. The summed E-state index contributed by atoms with van der Waals surface area (Å²) in [5.41, 5.74) is -0.904. The van der Waals surface area contributed by atoms with Gasteiger partial charge in [-0.05, 0) is 29.8 Å². The van der Waals surface area contributed by atoms with E-state index in [1.54, 1.807) is 30.3 Å². The van der Waals surface area contributed by atoms with E-state index < -0.39 is 32.7 Å². The van der Waals surface area contributed by atoms with Gasteiger partial charge in [0, 0.05) is 11.8 Å². The Morgan fingerprint density at radius 1 is 1.00 bits per heavy atom. The first-order chi connectivity index (χ1) is 16.8. The number of ether oxygens (including phenoxy) is 2. The second kappa shape index (κ2) is 10.7. The number of sulfonamides is 1. The third-order valence-corrected chi connectivity index (χ3v) is 6.57. The zero-order valence-corrected chi connectivity index (χ0v) is 21.0. The molecule has 1 amide bonds. The molecule has 1 N–H and O–H groups in total. The van der Waals surface area contributed by atoms with Crippen LogP contribution in [-0.4, -0.2) is 34.8 Å². The summed E-state index contributed by atoms with van der Waals surface area (Å²) < 4.78 is 77.0. The Kier molecular flexibility index (Phi) is 8.05. The van der Waals surface area contributed by atoms with Gasteiger partial charge in [-0.15, -0.1) is 0 Å². The number of benzene rings is 3. The monoisotopic (exact) mass is 542 g/mol. The normalized spacial score (nSPS) is 11.6. The van der Waals surface area contributed by atoms with Crippen LogP contribution in [0.2, 0.25) is 5.02 Å². The van der Waals surface area contributed by atoms with Gasteiger partial charge in [0.15, 0.2) is 11.5 Å². The second-order valence-corrected chi connectivity index (χ2v) is 9.94. The number of alkyl halides is 3. The molecule has 0 aromatic heterocycles. The summed E-state index contributed by atoms with van der Waals surface area (Å²) in [5, 5.41) is 1.85. The number of hydrogen-bond acceptors (Lipinski definition) is 5. The van der Waals surface area contributed by atoms with Crippen molar-refractivity contribution in [2.24, 2.45) is 0 Å². The van der Waals surface area contributed by atoms with Gasteiger partial charge in [0.2, 0.25) is 10.0 Å². The molecule has 192 valence electrons. The van der Waals surface area contributed by atoms with E-state index in [9.17, 15) is 26.4 Å². The van der Waals surface area contributed by atoms with E-state index >= 15 is 0 Å². The SMILES string of the molecule is COc1cc(C(=O)Nc2ccc(Cl)c(C(F)(F)F)c2)c(N(Cc2ccccc2)S(C)(=O)=O)cc1OC. The molecule has 12 heteroatoms. The van der Waals surface area contributed by atoms with Crippen LogP contribution in [0.1, 0.15) is 21.5 Å². The molecule has 0 atom stereocenters.